The van der Waals surface area contributed by atoms with E-state index < -0.39 is 30.0 Å². The summed E-state index contributed by atoms with van der Waals surface area (Å²) in [6.07, 6.45) is -4.85. The van der Waals surface area contributed by atoms with Crippen LogP contribution in [0.25, 0.3) is 0 Å². The maximum atomic E-state index is 14.1. The summed E-state index contributed by atoms with van der Waals surface area (Å²) in [7, 11) is 0. The lowest BCUT2D eigenvalue weighted by Gasteiger charge is -2.40. The Kier molecular flexibility index (Phi) is 6.42. The molecule has 1 unspecified atom stereocenters. The number of ether oxygens (including phenoxy) is 3. The molecule has 0 aliphatic carbocycles. The van der Waals surface area contributed by atoms with E-state index in [0.29, 0.717) is 12.5 Å². The lowest BCUT2D eigenvalue weighted by atomic mass is 9.97. The maximum Gasteiger partial charge on any atom is 0.276 e. The summed E-state index contributed by atoms with van der Waals surface area (Å²) in [5, 5.41) is 20.7. The Morgan fingerprint density at radius 3 is 2.14 bits per heavy atom. The van der Waals surface area contributed by atoms with E-state index in [1.807, 2.05) is 24.3 Å². The van der Waals surface area contributed by atoms with Crippen molar-refractivity contribution >= 4 is 0 Å². The third kappa shape index (κ3) is 4.56. The van der Waals surface area contributed by atoms with Crippen molar-refractivity contribution in [1.29, 1.82) is 0 Å². The smallest absolute Gasteiger partial charge is 0.276 e. The topological polar surface area (TPSA) is 68.2 Å². The lowest BCUT2D eigenvalue weighted by Crippen LogP contribution is -2.60. The van der Waals surface area contributed by atoms with Gasteiger partial charge in [0.15, 0.2) is 6.10 Å². The molecule has 0 bridgehead atoms. The second kappa shape index (κ2) is 8.63. The van der Waals surface area contributed by atoms with Gasteiger partial charge in [-0.2, -0.15) is 0 Å². The van der Waals surface area contributed by atoms with Gasteiger partial charge in [0, 0.05) is 6.92 Å². The lowest BCUT2D eigenvalue weighted by molar-refractivity contribution is -0.337. The number of rotatable bonds is 8. The van der Waals surface area contributed by atoms with Crippen LogP contribution in [0.2, 0.25) is 0 Å². The van der Waals surface area contributed by atoms with Gasteiger partial charge in [-0.25, -0.2) is 8.78 Å². The molecule has 152 valence electrons. The largest absolute Gasteiger partial charge is 0.388 e. The molecular formula is C21H24F2O5. The summed E-state index contributed by atoms with van der Waals surface area (Å²) in [4.78, 5) is 0. The minimum absolute atomic E-state index is 0.0460. The fourth-order valence-corrected chi connectivity index (χ4v) is 3.20. The van der Waals surface area contributed by atoms with E-state index in [1.165, 1.54) is 0 Å². The number of aliphatic hydroxyl groups excluding tert-OH is 2. The van der Waals surface area contributed by atoms with E-state index in [-0.39, 0.29) is 19.8 Å². The Balaban J connectivity index is 1.84. The van der Waals surface area contributed by atoms with Gasteiger partial charge in [-0.3, -0.25) is 0 Å². The highest BCUT2D eigenvalue weighted by molar-refractivity contribution is 5.15. The number of benzene rings is 2. The SMILES string of the molecule is CC(F)(F)[C@@H](O)C1(OCc2ccccc2)OC[C@@H](O)[C@H]1OCc1ccccc1. The van der Waals surface area contributed by atoms with Crippen molar-refractivity contribution in [3.05, 3.63) is 71.8 Å². The Morgan fingerprint density at radius 2 is 1.61 bits per heavy atom. The fraction of sp³-hybridized carbons (Fsp3) is 0.429. The Hall–Kier alpha value is -1.90. The van der Waals surface area contributed by atoms with E-state index in [1.54, 1.807) is 36.4 Å². The van der Waals surface area contributed by atoms with E-state index >= 15 is 0 Å². The highest BCUT2D eigenvalue weighted by Gasteiger charge is 2.62. The van der Waals surface area contributed by atoms with Crippen LogP contribution < -0.4 is 0 Å². The number of halogens is 2. The first-order chi connectivity index (χ1) is 13.3. The maximum absolute atomic E-state index is 14.1. The first kappa shape index (κ1) is 20.8. The molecular weight excluding hydrogens is 370 g/mol. The number of hydrogen-bond acceptors (Lipinski definition) is 5. The van der Waals surface area contributed by atoms with Crippen molar-refractivity contribution in [3.63, 3.8) is 0 Å². The molecule has 1 heterocycles. The summed E-state index contributed by atoms with van der Waals surface area (Å²) >= 11 is 0. The average Bonchev–Trinajstić information content (AvgIpc) is 3.01. The van der Waals surface area contributed by atoms with E-state index in [9.17, 15) is 19.0 Å². The van der Waals surface area contributed by atoms with Gasteiger partial charge < -0.3 is 24.4 Å². The van der Waals surface area contributed by atoms with Crippen LogP contribution in [0.5, 0.6) is 0 Å². The van der Waals surface area contributed by atoms with E-state index in [0.717, 1.165) is 5.56 Å². The van der Waals surface area contributed by atoms with Crippen molar-refractivity contribution in [2.75, 3.05) is 6.61 Å². The molecule has 0 saturated carbocycles. The molecule has 4 atom stereocenters. The number of aliphatic hydroxyl groups is 2. The van der Waals surface area contributed by atoms with Crippen molar-refractivity contribution in [1.82, 2.24) is 0 Å². The molecule has 7 heteroatoms. The Morgan fingerprint density at radius 1 is 1.07 bits per heavy atom. The summed E-state index contributed by atoms with van der Waals surface area (Å²) in [5.74, 6) is -5.74. The van der Waals surface area contributed by atoms with Crippen LogP contribution in [0.3, 0.4) is 0 Å². The molecule has 2 aromatic rings. The van der Waals surface area contributed by atoms with Gasteiger partial charge in [-0.05, 0) is 11.1 Å². The average molecular weight is 394 g/mol. The van der Waals surface area contributed by atoms with E-state index in [2.05, 4.69) is 0 Å². The Labute approximate surface area is 162 Å². The molecule has 28 heavy (non-hydrogen) atoms. The first-order valence-electron chi connectivity index (χ1n) is 9.04. The van der Waals surface area contributed by atoms with Gasteiger partial charge in [0.1, 0.15) is 12.2 Å². The van der Waals surface area contributed by atoms with Gasteiger partial charge >= 0.3 is 0 Å². The van der Waals surface area contributed by atoms with Gasteiger partial charge in [0.25, 0.3) is 5.92 Å². The van der Waals surface area contributed by atoms with Crippen molar-refractivity contribution in [2.45, 2.75) is 50.2 Å². The monoisotopic (exact) mass is 394 g/mol. The molecule has 1 fully saturated rings. The van der Waals surface area contributed by atoms with Crippen LogP contribution in [0.15, 0.2) is 60.7 Å². The van der Waals surface area contributed by atoms with Crippen molar-refractivity contribution in [2.24, 2.45) is 0 Å². The molecule has 0 amide bonds. The van der Waals surface area contributed by atoms with Crippen LogP contribution in [-0.4, -0.2) is 46.8 Å². The first-order valence-corrected chi connectivity index (χ1v) is 9.04. The summed E-state index contributed by atoms with van der Waals surface area (Å²) < 4.78 is 45.0. The molecule has 0 spiro atoms. The minimum Gasteiger partial charge on any atom is -0.388 e. The number of alkyl halides is 2. The van der Waals surface area contributed by atoms with Crippen molar-refractivity contribution in [3.8, 4) is 0 Å². The molecule has 0 radical (unpaired) electrons. The molecule has 1 aliphatic heterocycles. The number of hydrogen-bond donors (Lipinski definition) is 2. The highest BCUT2D eigenvalue weighted by atomic mass is 19.3. The zero-order valence-electron chi connectivity index (χ0n) is 15.5. The molecule has 2 aromatic carbocycles. The van der Waals surface area contributed by atoms with Gasteiger partial charge in [0.05, 0.1) is 19.8 Å². The molecule has 1 aliphatic rings. The summed E-state index contributed by atoms with van der Waals surface area (Å²) in [5.41, 5.74) is 1.50. The predicted molar refractivity (Wildman–Crippen MR) is 97.6 cm³/mol. The zero-order valence-corrected chi connectivity index (χ0v) is 15.5. The van der Waals surface area contributed by atoms with Crippen LogP contribution in [-0.2, 0) is 27.4 Å². The van der Waals surface area contributed by atoms with Crippen molar-refractivity contribution < 1.29 is 33.2 Å². The normalized spacial score (nSPS) is 26.3. The molecule has 1 saturated heterocycles. The van der Waals surface area contributed by atoms with Crippen LogP contribution in [0.1, 0.15) is 18.1 Å². The zero-order chi connectivity index (χ0) is 20.2. The quantitative estimate of drug-likeness (QED) is 0.721. The van der Waals surface area contributed by atoms with Gasteiger partial charge in [-0.15, -0.1) is 0 Å². The van der Waals surface area contributed by atoms with Crippen LogP contribution >= 0.6 is 0 Å². The third-order valence-corrected chi connectivity index (χ3v) is 4.67. The second-order valence-corrected chi connectivity index (χ2v) is 6.95. The fourth-order valence-electron chi connectivity index (χ4n) is 3.20. The summed E-state index contributed by atoms with van der Waals surface area (Å²) in [6, 6.07) is 18.0. The highest BCUT2D eigenvalue weighted by Crippen LogP contribution is 2.40. The predicted octanol–water partition coefficient (Wildman–Crippen LogP) is 2.89. The molecule has 5 nitrogen and oxygen atoms in total. The van der Waals surface area contributed by atoms with Crippen LogP contribution in [0, 0.1) is 0 Å². The molecule has 0 aromatic heterocycles. The molecule has 3 rings (SSSR count). The summed E-state index contributed by atoms with van der Waals surface area (Å²) in [6.45, 7) is 0.241. The Bertz CT molecular complexity index is 737. The van der Waals surface area contributed by atoms with Gasteiger partial charge in [0.2, 0.25) is 5.79 Å². The van der Waals surface area contributed by atoms with Gasteiger partial charge in [-0.1, -0.05) is 60.7 Å². The minimum atomic E-state index is -3.53. The van der Waals surface area contributed by atoms with E-state index in [4.69, 9.17) is 14.2 Å². The standard InChI is InChI=1S/C21H24F2O5/c1-20(22,23)19(25)21(27-13-16-10-6-3-7-11-16)18(17(24)14-28-21)26-12-15-8-4-2-5-9-15/h2-11,17-19,24-25H,12-14H2,1H3/t17-,18-,19-,21?/m1/s1. The molecule has 2 N–H and O–H groups in total. The second-order valence-electron chi connectivity index (χ2n) is 6.95. The van der Waals surface area contributed by atoms with Crippen LogP contribution in [0.4, 0.5) is 8.78 Å². The third-order valence-electron chi connectivity index (χ3n) is 4.67.